The van der Waals surface area contributed by atoms with Crippen molar-refractivity contribution in [1.29, 1.82) is 0 Å². The van der Waals surface area contributed by atoms with Crippen molar-refractivity contribution in [3.05, 3.63) is 104 Å². The zero-order valence-corrected chi connectivity index (χ0v) is 20.6. The van der Waals surface area contributed by atoms with Crippen molar-refractivity contribution in [2.24, 2.45) is 0 Å². The molecular formula is C25H22Cl3N3O3. The van der Waals surface area contributed by atoms with Gasteiger partial charge in [0, 0.05) is 54.8 Å². The minimum atomic E-state index is -0.356. The predicted molar refractivity (Wildman–Crippen MR) is 132 cm³/mol. The highest BCUT2D eigenvalue weighted by Gasteiger charge is 2.38. The van der Waals surface area contributed by atoms with E-state index in [9.17, 15) is 14.8 Å². The number of piperidine rings is 1. The van der Waals surface area contributed by atoms with Gasteiger partial charge in [-0.25, -0.2) is 0 Å². The summed E-state index contributed by atoms with van der Waals surface area (Å²) in [6.45, 7) is 0.711. The lowest BCUT2D eigenvalue weighted by molar-refractivity contribution is -0.608. The number of carbonyl (C=O) groups is 2. The second-order valence-corrected chi connectivity index (χ2v) is 9.47. The first-order valence-electron chi connectivity index (χ1n) is 10.7. The van der Waals surface area contributed by atoms with Crippen LogP contribution in [0, 0.1) is 5.21 Å². The molecule has 0 aliphatic carbocycles. The van der Waals surface area contributed by atoms with Crippen LogP contribution < -0.4 is 4.73 Å². The van der Waals surface area contributed by atoms with Gasteiger partial charge in [-0.05, 0) is 54.4 Å². The van der Waals surface area contributed by atoms with Crippen LogP contribution in [0.5, 0.6) is 0 Å². The molecule has 1 aromatic heterocycles. The van der Waals surface area contributed by atoms with Crippen molar-refractivity contribution < 1.29 is 14.3 Å². The summed E-state index contributed by atoms with van der Waals surface area (Å²) in [6.07, 6.45) is 1.83. The Kier molecular flexibility index (Phi) is 7.31. The summed E-state index contributed by atoms with van der Waals surface area (Å²) in [4.78, 5) is 29.7. The fraction of sp³-hybridized carbons (Fsp3) is 0.240. The van der Waals surface area contributed by atoms with E-state index in [4.69, 9.17) is 34.8 Å². The number of halogens is 3. The van der Waals surface area contributed by atoms with Crippen LogP contribution in [0.1, 0.15) is 38.7 Å². The Hall–Kier alpha value is -2.80. The number of aromatic nitrogens is 1. The highest BCUT2D eigenvalue weighted by molar-refractivity contribution is 6.42. The number of amides is 2. The highest BCUT2D eigenvalue weighted by Crippen LogP contribution is 2.35. The minimum absolute atomic E-state index is 0.0550. The van der Waals surface area contributed by atoms with Gasteiger partial charge in [0.05, 0.1) is 10.0 Å². The summed E-state index contributed by atoms with van der Waals surface area (Å²) in [7, 11) is 1.76. The first-order valence-corrected chi connectivity index (χ1v) is 11.8. The fourth-order valence-corrected chi connectivity index (χ4v) is 4.79. The lowest BCUT2D eigenvalue weighted by atomic mass is 9.84. The van der Waals surface area contributed by atoms with Crippen molar-refractivity contribution in [2.75, 3.05) is 20.1 Å². The van der Waals surface area contributed by atoms with E-state index in [1.165, 1.54) is 12.3 Å². The van der Waals surface area contributed by atoms with E-state index in [2.05, 4.69) is 0 Å². The molecule has 1 fully saturated rings. The molecule has 0 unspecified atom stereocenters. The molecule has 4 rings (SSSR count). The predicted octanol–water partition coefficient (Wildman–Crippen LogP) is 5.05. The van der Waals surface area contributed by atoms with E-state index in [0.717, 1.165) is 5.56 Å². The third kappa shape index (κ3) is 4.99. The van der Waals surface area contributed by atoms with E-state index < -0.39 is 0 Å². The molecule has 2 atom stereocenters. The lowest BCUT2D eigenvalue weighted by Crippen LogP contribution is -2.53. The summed E-state index contributed by atoms with van der Waals surface area (Å²) >= 11 is 18.4. The maximum Gasteiger partial charge on any atom is 0.319 e. The zero-order valence-electron chi connectivity index (χ0n) is 18.3. The second-order valence-electron chi connectivity index (χ2n) is 8.22. The van der Waals surface area contributed by atoms with Crippen LogP contribution in [-0.4, -0.2) is 47.8 Å². The first kappa shape index (κ1) is 24.3. The second kappa shape index (κ2) is 10.2. The number of likely N-dealkylation sites (tertiary alicyclic amines) is 1. The normalized spacial score (nSPS) is 17.9. The number of benzene rings is 2. The quantitative estimate of drug-likeness (QED) is 0.358. The number of hydrogen-bond acceptors (Lipinski definition) is 3. The van der Waals surface area contributed by atoms with Gasteiger partial charge in [0.15, 0.2) is 6.20 Å². The Balaban J connectivity index is 1.65. The standard InChI is InChI=1S/C25H22Cl3N3O3/c1-29(24(32)16-5-8-18(26)9-6-16)22-11-13-30(25(33)23-4-2-3-12-31(23)34)15-19(22)17-7-10-20(27)21(28)14-17/h2-10,12,14,19,22H,11,13,15H2,1H3/t19-,22+/m0/s1. The molecule has 3 aromatic rings. The Labute approximate surface area is 212 Å². The van der Waals surface area contributed by atoms with Gasteiger partial charge >= 0.3 is 5.91 Å². The third-order valence-electron chi connectivity index (χ3n) is 6.19. The number of rotatable bonds is 4. The number of likely N-dealkylation sites (N-methyl/N-ethyl adjacent to an activating group) is 1. The summed E-state index contributed by atoms with van der Waals surface area (Å²) < 4.78 is 0.568. The number of hydrogen-bond donors (Lipinski definition) is 0. The number of nitrogens with zero attached hydrogens (tertiary/aromatic N) is 3. The summed E-state index contributed by atoms with van der Waals surface area (Å²) in [5.41, 5.74) is 1.44. The average molecular weight is 519 g/mol. The van der Waals surface area contributed by atoms with Crippen molar-refractivity contribution in [3.8, 4) is 0 Å². The van der Waals surface area contributed by atoms with Gasteiger partial charge in [-0.3, -0.25) is 9.59 Å². The van der Waals surface area contributed by atoms with Crippen LogP contribution in [0.25, 0.3) is 0 Å². The van der Waals surface area contributed by atoms with Gasteiger partial charge in [0.25, 0.3) is 11.6 Å². The minimum Gasteiger partial charge on any atom is -0.618 e. The van der Waals surface area contributed by atoms with Gasteiger partial charge in [-0.1, -0.05) is 40.9 Å². The molecule has 9 heteroatoms. The topological polar surface area (TPSA) is 67.6 Å². The smallest absolute Gasteiger partial charge is 0.319 e. The molecule has 0 bridgehead atoms. The van der Waals surface area contributed by atoms with Gasteiger partial charge in [0.1, 0.15) is 0 Å². The summed E-state index contributed by atoms with van der Waals surface area (Å²) in [5.74, 6) is -0.740. The average Bonchev–Trinajstić information content (AvgIpc) is 2.85. The van der Waals surface area contributed by atoms with Gasteiger partial charge < -0.3 is 15.0 Å². The van der Waals surface area contributed by atoms with Gasteiger partial charge in [-0.2, -0.15) is 4.73 Å². The van der Waals surface area contributed by atoms with Crippen LogP contribution in [0.2, 0.25) is 15.1 Å². The van der Waals surface area contributed by atoms with Crippen LogP contribution >= 0.6 is 34.8 Å². The molecular weight excluding hydrogens is 497 g/mol. The van der Waals surface area contributed by atoms with Crippen LogP contribution in [0.15, 0.2) is 66.9 Å². The summed E-state index contributed by atoms with van der Waals surface area (Å²) in [6, 6.07) is 16.6. The molecule has 0 spiro atoms. The third-order valence-corrected chi connectivity index (χ3v) is 7.18. The van der Waals surface area contributed by atoms with Crippen molar-refractivity contribution in [1.82, 2.24) is 9.80 Å². The molecule has 2 amide bonds. The Bertz CT molecular complexity index is 1220. The van der Waals surface area contributed by atoms with Crippen LogP contribution in [0.4, 0.5) is 0 Å². The molecule has 176 valence electrons. The number of carbonyl (C=O) groups excluding carboxylic acids is 2. The maximum absolute atomic E-state index is 13.2. The molecule has 1 aliphatic rings. The molecule has 2 aromatic carbocycles. The zero-order chi connectivity index (χ0) is 24.4. The molecule has 1 aliphatic heterocycles. The molecule has 6 nitrogen and oxygen atoms in total. The first-order chi connectivity index (χ1) is 16.3. The molecule has 1 saturated heterocycles. The molecule has 2 heterocycles. The largest absolute Gasteiger partial charge is 0.618 e. The number of pyridine rings is 1. The molecule has 34 heavy (non-hydrogen) atoms. The Morgan fingerprint density at radius 3 is 2.44 bits per heavy atom. The van der Waals surface area contributed by atoms with E-state index in [0.29, 0.717) is 44.9 Å². The van der Waals surface area contributed by atoms with E-state index in [1.54, 1.807) is 65.4 Å². The van der Waals surface area contributed by atoms with E-state index >= 15 is 0 Å². The Morgan fingerprint density at radius 2 is 1.76 bits per heavy atom. The Morgan fingerprint density at radius 1 is 1.03 bits per heavy atom. The van der Waals surface area contributed by atoms with Gasteiger partial charge in [0.2, 0.25) is 0 Å². The van der Waals surface area contributed by atoms with Crippen molar-refractivity contribution in [3.63, 3.8) is 0 Å². The molecule has 0 N–H and O–H groups in total. The maximum atomic E-state index is 13.2. The SMILES string of the molecule is CN(C(=O)c1ccc(Cl)cc1)[C@@H]1CCN(C(=O)c2cccc[n+]2[O-])C[C@H]1c1ccc(Cl)c(Cl)c1. The van der Waals surface area contributed by atoms with Crippen molar-refractivity contribution in [2.45, 2.75) is 18.4 Å². The van der Waals surface area contributed by atoms with E-state index in [-0.39, 0.29) is 29.5 Å². The van der Waals surface area contributed by atoms with E-state index in [1.807, 2.05) is 6.07 Å². The van der Waals surface area contributed by atoms with Crippen LogP contribution in [-0.2, 0) is 0 Å². The lowest BCUT2D eigenvalue weighted by Gasteiger charge is -2.42. The highest BCUT2D eigenvalue weighted by atomic mass is 35.5. The fourth-order valence-electron chi connectivity index (χ4n) is 4.36. The summed E-state index contributed by atoms with van der Waals surface area (Å²) in [5, 5.41) is 13.5. The van der Waals surface area contributed by atoms with Crippen molar-refractivity contribution >= 4 is 46.6 Å². The molecule has 0 radical (unpaired) electrons. The monoisotopic (exact) mass is 517 g/mol. The van der Waals surface area contributed by atoms with Gasteiger partial charge in [-0.15, -0.1) is 0 Å². The van der Waals surface area contributed by atoms with Crippen LogP contribution in [0.3, 0.4) is 0 Å². The molecule has 0 saturated carbocycles.